The summed E-state index contributed by atoms with van der Waals surface area (Å²) in [7, 11) is 1.47. The van der Waals surface area contributed by atoms with E-state index < -0.39 is 11.1 Å². The summed E-state index contributed by atoms with van der Waals surface area (Å²) < 4.78 is 10.5. The molecule has 0 aliphatic carbocycles. The van der Waals surface area contributed by atoms with E-state index in [4.69, 9.17) is 9.15 Å². The molecule has 146 valence electrons. The summed E-state index contributed by atoms with van der Waals surface area (Å²) >= 11 is 0. The summed E-state index contributed by atoms with van der Waals surface area (Å²) in [6.07, 6.45) is 4.23. The highest BCUT2D eigenvalue weighted by Gasteiger charge is 2.21. The minimum Gasteiger partial charge on any atom is -0.508 e. The van der Waals surface area contributed by atoms with E-state index in [0.29, 0.717) is 22.8 Å². The van der Waals surface area contributed by atoms with Crippen molar-refractivity contribution in [3.8, 4) is 11.5 Å². The van der Waals surface area contributed by atoms with Crippen LogP contribution in [-0.2, 0) is 5.41 Å². The van der Waals surface area contributed by atoms with Crippen LogP contribution >= 0.6 is 0 Å². The smallest absolute Gasteiger partial charge is 0.272 e. The molecular weight excluding hydrogens is 362 g/mol. The quantitative estimate of drug-likeness (QED) is 0.613. The third-order valence-corrected chi connectivity index (χ3v) is 4.00. The van der Waals surface area contributed by atoms with Crippen LogP contribution in [0, 0.1) is 0 Å². The van der Waals surface area contributed by atoms with Crippen molar-refractivity contribution in [2.75, 3.05) is 7.11 Å². The van der Waals surface area contributed by atoms with Crippen LogP contribution in [0.4, 0.5) is 0 Å². The van der Waals surface area contributed by atoms with Crippen LogP contribution in [0.3, 0.4) is 0 Å². The van der Waals surface area contributed by atoms with E-state index >= 15 is 0 Å². The maximum Gasteiger partial charge on any atom is 0.272 e. The topological polar surface area (TPSA) is 121 Å². The Morgan fingerprint density at radius 3 is 2.32 bits per heavy atom. The number of H-pyrrole nitrogens is 2. The number of hydrogen-bond donors (Lipinski definition) is 3. The number of aromatic hydroxyl groups is 1. The van der Waals surface area contributed by atoms with E-state index in [9.17, 15) is 14.7 Å². The molecule has 28 heavy (non-hydrogen) atoms. The number of rotatable bonds is 3. The van der Waals surface area contributed by atoms with Crippen LogP contribution in [-0.4, -0.2) is 27.2 Å². The molecule has 0 spiro atoms. The van der Waals surface area contributed by atoms with Gasteiger partial charge in [-0.25, -0.2) is 4.98 Å². The fourth-order valence-electron chi connectivity index (χ4n) is 2.73. The van der Waals surface area contributed by atoms with E-state index in [0.717, 1.165) is 0 Å². The van der Waals surface area contributed by atoms with Crippen molar-refractivity contribution in [2.45, 2.75) is 26.2 Å². The molecule has 0 saturated heterocycles. The molecule has 8 heteroatoms. The first-order valence-corrected chi connectivity index (χ1v) is 8.55. The number of phenols is 1. The van der Waals surface area contributed by atoms with Crippen molar-refractivity contribution in [2.24, 2.45) is 0 Å². The highest BCUT2D eigenvalue weighted by atomic mass is 16.5. The lowest BCUT2D eigenvalue weighted by Crippen LogP contribution is -2.46. The van der Waals surface area contributed by atoms with Gasteiger partial charge in [0, 0.05) is 11.5 Å². The third-order valence-electron chi connectivity index (χ3n) is 4.00. The number of hydrogen-bond acceptors (Lipinski definition) is 6. The van der Waals surface area contributed by atoms with Crippen molar-refractivity contribution in [3.63, 3.8) is 0 Å². The van der Waals surface area contributed by atoms with Crippen molar-refractivity contribution in [3.05, 3.63) is 73.0 Å². The van der Waals surface area contributed by atoms with Gasteiger partial charge >= 0.3 is 0 Å². The Bertz CT molecular complexity index is 1240. The fourth-order valence-corrected chi connectivity index (χ4v) is 2.73. The molecule has 0 fully saturated rings. The molecule has 0 aliphatic heterocycles. The van der Waals surface area contributed by atoms with Crippen molar-refractivity contribution < 1.29 is 14.3 Å². The Balaban J connectivity index is 2.13. The Labute approximate surface area is 159 Å². The fraction of sp³-hybridized carbons (Fsp3) is 0.250. The molecule has 3 N–H and O–H groups in total. The second-order valence-corrected chi connectivity index (χ2v) is 7.31. The second-order valence-electron chi connectivity index (χ2n) is 7.31. The van der Waals surface area contributed by atoms with Gasteiger partial charge in [-0.1, -0.05) is 20.8 Å². The molecule has 8 nitrogen and oxygen atoms in total. The summed E-state index contributed by atoms with van der Waals surface area (Å²) in [6.45, 7) is 5.87. The van der Waals surface area contributed by atoms with Crippen LogP contribution in [0.25, 0.3) is 12.2 Å². The van der Waals surface area contributed by atoms with Gasteiger partial charge in [-0.05, 0) is 29.8 Å². The predicted molar refractivity (Wildman–Crippen MR) is 104 cm³/mol. The van der Waals surface area contributed by atoms with Gasteiger partial charge in [-0.15, -0.1) is 0 Å². The summed E-state index contributed by atoms with van der Waals surface area (Å²) in [5, 5.41) is 9.84. The number of nitrogens with one attached hydrogen (secondary N) is 2. The summed E-state index contributed by atoms with van der Waals surface area (Å²) in [5.41, 5.74) is -0.309. The van der Waals surface area contributed by atoms with E-state index in [1.54, 1.807) is 6.07 Å². The molecule has 0 bridgehead atoms. The monoisotopic (exact) mass is 383 g/mol. The molecule has 2 aromatic heterocycles. The van der Waals surface area contributed by atoms with Gasteiger partial charge < -0.3 is 24.2 Å². The van der Waals surface area contributed by atoms with E-state index in [2.05, 4.69) is 15.0 Å². The summed E-state index contributed by atoms with van der Waals surface area (Å²) in [4.78, 5) is 34.1. The van der Waals surface area contributed by atoms with Crippen LogP contribution in [0.5, 0.6) is 11.5 Å². The molecule has 2 heterocycles. The SMILES string of the molecule is COc1cc(O)cc(/C=c2\[nH]c(=O)/c(=C/c3ncoc3C(C)(C)C)[nH]c2=O)c1. The maximum atomic E-state index is 12.5. The average Bonchev–Trinajstić information content (AvgIpc) is 3.07. The van der Waals surface area contributed by atoms with Gasteiger partial charge in [0.2, 0.25) is 0 Å². The van der Waals surface area contributed by atoms with Gasteiger partial charge in [0.15, 0.2) is 6.39 Å². The number of oxazole rings is 1. The lowest BCUT2D eigenvalue weighted by atomic mass is 9.92. The zero-order chi connectivity index (χ0) is 20.5. The summed E-state index contributed by atoms with van der Waals surface area (Å²) in [5.74, 6) is 1.01. The number of benzene rings is 1. The Morgan fingerprint density at radius 1 is 1.07 bits per heavy atom. The van der Waals surface area contributed by atoms with E-state index in [-0.39, 0.29) is 21.9 Å². The van der Waals surface area contributed by atoms with E-state index in [1.807, 2.05) is 20.8 Å². The van der Waals surface area contributed by atoms with Gasteiger partial charge in [-0.3, -0.25) is 9.59 Å². The van der Waals surface area contributed by atoms with Crippen LogP contribution < -0.4 is 26.6 Å². The summed E-state index contributed by atoms with van der Waals surface area (Å²) in [6, 6.07) is 4.51. The van der Waals surface area contributed by atoms with Crippen molar-refractivity contribution >= 4 is 12.2 Å². The number of phenolic OH excluding ortho intramolecular Hbond substituents is 1. The second kappa shape index (κ2) is 7.22. The lowest BCUT2D eigenvalue weighted by molar-refractivity contribution is 0.407. The number of nitrogens with zero attached hydrogens (tertiary/aromatic N) is 1. The molecule has 0 saturated carbocycles. The van der Waals surface area contributed by atoms with Crippen LogP contribution in [0.15, 0.2) is 38.6 Å². The van der Waals surface area contributed by atoms with Crippen LogP contribution in [0.2, 0.25) is 0 Å². The van der Waals surface area contributed by atoms with Gasteiger partial charge in [0.25, 0.3) is 11.1 Å². The molecular formula is C20H21N3O5. The number of ether oxygens (including phenoxy) is 1. The number of aromatic nitrogens is 3. The zero-order valence-corrected chi connectivity index (χ0v) is 16.0. The highest BCUT2D eigenvalue weighted by molar-refractivity contribution is 5.54. The van der Waals surface area contributed by atoms with E-state index in [1.165, 1.54) is 37.8 Å². The standard InChI is InChI=1S/C20H21N3O5/c1-20(2,3)17-14(21-10-28-17)9-16-19(26)22-15(18(25)23-16)7-11-5-12(24)8-13(6-11)27-4/h5-10,24H,1-4H3,(H,22,26)(H,23,25)/b15-7-,16-9-. The Morgan fingerprint density at radius 2 is 1.71 bits per heavy atom. The third kappa shape index (κ3) is 4.06. The molecule has 0 radical (unpaired) electrons. The van der Waals surface area contributed by atoms with Gasteiger partial charge in [0.05, 0.1) is 7.11 Å². The first-order valence-electron chi connectivity index (χ1n) is 8.55. The first kappa shape index (κ1) is 19.2. The molecule has 3 rings (SSSR count). The average molecular weight is 383 g/mol. The normalized spacial score (nSPS) is 13.1. The number of methoxy groups -OCH3 is 1. The van der Waals surface area contributed by atoms with Crippen molar-refractivity contribution in [1.82, 2.24) is 15.0 Å². The Hall–Kier alpha value is -3.55. The molecule has 0 unspecified atom stereocenters. The van der Waals surface area contributed by atoms with Crippen molar-refractivity contribution in [1.29, 1.82) is 0 Å². The minimum atomic E-state index is -0.492. The van der Waals surface area contributed by atoms with Crippen LogP contribution in [0.1, 0.15) is 37.8 Å². The zero-order valence-electron chi connectivity index (χ0n) is 16.0. The first-order chi connectivity index (χ1) is 13.2. The largest absolute Gasteiger partial charge is 0.508 e. The molecule has 1 aromatic carbocycles. The number of aromatic amines is 2. The maximum absolute atomic E-state index is 12.5. The van der Waals surface area contributed by atoms with Gasteiger partial charge in [-0.2, -0.15) is 0 Å². The lowest BCUT2D eigenvalue weighted by Gasteiger charge is -2.14. The molecule has 0 atom stereocenters. The predicted octanol–water partition coefficient (Wildman–Crippen LogP) is 0.720. The highest BCUT2D eigenvalue weighted by Crippen LogP contribution is 2.25. The molecule has 0 amide bonds. The van der Waals surface area contributed by atoms with Gasteiger partial charge in [0.1, 0.15) is 33.7 Å². The molecule has 0 aliphatic rings. The Kier molecular flexibility index (Phi) is 4.96. The molecule has 3 aromatic rings. The minimum absolute atomic E-state index is 0.0185.